The molecule has 2 aliphatic carbocycles. The molecule has 2 bridgehead atoms. The van der Waals surface area contributed by atoms with Crippen LogP contribution in [0.25, 0.3) is 5.57 Å². The molecule has 1 saturated heterocycles. The summed E-state index contributed by atoms with van der Waals surface area (Å²) >= 11 is 0. The first-order chi connectivity index (χ1) is 19.0. The molecular weight excluding hydrogens is 535 g/mol. The third-order valence-electron chi connectivity index (χ3n) is 9.61. The number of hydrogen-bond donors (Lipinski definition) is 0. The van der Waals surface area contributed by atoms with Gasteiger partial charge in [0.15, 0.2) is 0 Å². The standard InChI is InChI=1S/C31H32F3N3O2S/c1-20-10-11-36-29(15-28(20)22-4-2-21(16-35)3-5-22)24-7-6-23-13-26-8-9-27(14-25(23)12-24)30(26)17-37(18-31(32,33)34)40(38,39)19-30/h2-7,12,15,20,26-27H,8-11,13-14,17-19H2,1H3/t20?,26-,27+,30+/m0/s1. The van der Waals surface area contributed by atoms with Gasteiger partial charge in [0.1, 0.15) is 6.54 Å². The Morgan fingerprint density at radius 3 is 2.38 bits per heavy atom. The molecule has 1 saturated carbocycles. The molecule has 6 rings (SSSR count). The molecule has 0 N–H and O–H groups in total. The van der Waals surface area contributed by atoms with Crippen LogP contribution in [0.15, 0.2) is 53.5 Å². The molecule has 5 nitrogen and oxygen atoms in total. The molecule has 0 aromatic heterocycles. The Morgan fingerprint density at radius 1 is 1.02 bits per heavy atom. The average Bonchev–Trinajstić information content (AvgIpc) is 3.18. The second-order valence-electron chi connectivity index (χ2n) is 12.0. The van der Waals surface area contributed by atoms with Crippen molar-refractivity contribution in [2.75, 3.05) is 25.4 Å². The summed E-state index contributed by atoms with van der Waals surface area (Å²) in [7, 11) is -3.96. The van der Waals surface area contributed by atoms with Crippen LogP contribution in [0.1, 0.15) is 54.0 Å². The zero-order valence-corrected chi connectivity index (χ0v) is 23.2. The molecule has 2 aromatic rings. The van der Waals surface area contributed by atoms with Crippen LogP contribution < -0.4 is 0 Å². The van der Waals surface area contributed by atoms with E-state index in [1.807, 2.05) is 24.3 Å². The van der Waals surface area contributed by atoms with Crippen molar-refractivity contribution in [3.05, 3.63) is 76.4 Å². The highest BCUT2D eigenvalue weighted by Crippen LogP contribution is 2.57. The third kappa shape index (κ3) is 4.90. The van der Waals surface area contributed by atoms with Crippen LogP contribution in [0.2, 0.25) is 0 Å². The van der Waals surface area contributed by atoms with Gasteiger partial charge in [0, 0.05) is 18.5 Å². The maximum absolute atomic E-state index is 13.2. The number of allylic oxidation sites excluding steroid dienone is 2. The van der Waals surface area contributed by atoms with Crippen molar-refractivity contribution < 1.29 is 21.6 Å². The van der Waals surface area contributed by atoms with Crippen LogP contribution in [-0.4, -0.2) is 50.0 Å². The maximum atomic E-state index is 13.2. The third-order valence-corrected chi connectivity index (χ3v) is 11.6. The highest BCUT2D eigenvalue weighted by atomic mass is 32.2. The lowest BCUT2D eigenvalue weighted by atomic mass is 9.72. The first-order valence-electron chi connectivity index (χ1n) is 13.9. The van der Waals surface area contributed by atoms with Crippen molar-refractivity contribution in [3.63, 3.8) is 0 Å². The van der Waals surface area contributed by atoms with Crippen molar-refractivity contribution in [3.8, 4) is 6.07 Å². The van der Waals surface area contributed by atoms with E-state index in [0.29, 0.717) is 35.2 Å². The minimum atomic E-state index is -4.55. The molecule has 9 heteroatoms. The summed E-state index contributed by atoms with van der Waals surface area (Å²) in [5.41, 5.74) is 6.45. The Labute approximate surface area is 233 Å². The number of hydrogen-bond acceptors (Lipinski definition) is 4. The topological polar surface area (TPSA) is 73.5 Å². The van der Waals surface area contributed by atoms with E-state index in [1.54, 1.807) is 0 Å². The summed E-state index contributed by atoms with van der Waals surface area (Å²) in [6.45, 7) is 1.45. The molecule has 4 aliphatic rings. The highest BCUT2D eigenvalue weighted by molar-refractivity contribution is 7.89. The summed E-state index contributed by atoms with van der Waals surface area (Å²) in [4.78, 5) is 4.90. The lowest BCUT2D eigenvalue weighted by Crippen LogP contribution is -2.40. The van der Waals surface area contributed by atoms with E-state index in [9.17, 15) is 26.9 Å². The van der Waals surface area contributed by atoms with Gasteiger partial charge in [-0.15, -0.1) is 0 Å². The van der Waals surface area contributed by atoms with Gasteiger partial charge in [0.05, 0.1) is 23.1 Å². The number of sulfonamides is 1. The van der Waals surface area contributed by atoms with E-state index in [4.69, 9.17) is 4.99 Å². The van der Waals surface area contributed by atoms with Crippen molar-refractivity contribution in [1.29, 1.82) is 5.26 Å². The summed E-state index contributed by atoms with van der Waals surface area (Å²) in [5.74, 6) is 0.196. The first-order valence-corrected chi connectivity index (χ1v) is 15.5. The minimum Gasteiger partial charge on any atom is -0.285 e. The molecule has 0 amide bonds. The summed E-state index contributed by atoms with van der Waals surface area (Å²) in [6.07, 6.45) is 1.55. The SMILES string of the molecule is CC1CCN=C(c2ccc3c(c2)C[C@H]2CC[C@@H](C3)[C@]23CN(CC(F)(F)F)S(=O)(=O)C3)C=C1c1ccc(C#N)cc1. The monoisotopic (exact) mass is 567 g/mol. The van der Waals surface area contributed by atoms with E-state index in [0.717, 1.165) is 41.7 Å². The number of nitriles is 1. The van der Waals surface area contributed by atoms with Crippen LogP contribution in [0, 0.1) is 34.5 Å². The van der Waals surface area contributed by atoms with Gasteiger partial charge in [0.2, 0.25) is 10.0 Å². The fourth-order valence-corrected chi connectivity index (χ4v) is 9.73. The van der Waals surface area contributed by atoms with Crippen molar-refractivity contribution in [2.24, 2.45) is 28.2 Å². The number of aliphatic imine (C=N–C) groups is 1. The Kier molecular flexibility index (Phi) is 6.70. The molecule has 1 spiro atoms. The second kappa shape index (κ2) is 9.85. The molecule has 2 aliphatic heterocycles. The molecule has 2 aromatic carbocycles. The Balaban J connectivity index is 1.31. The number of rotatable bonds is 3. The summed E-state index contributed by atoms with van der Waals surface area (Å²) < 4.78 is 66.2. The Bertz CT molecular complexity index is 1540. The zero-order chi connectivity index (χ0) is 28.3. The minimum absolute atomic E-state index is 0.0304. The van der Waals surface area contributed by atoms with Crippen molar-refractivity contribution in [1.82, 2.24) is 4.31 Å². The molecular formula is C31H32F3N3O2S. The number of nitrogens with zero attached hydrogens (tertiary/aromatic N) is 3. The van der Waals surface area contributed by atoms with Gasteiger partial charge in [0.25, 0.3) is 0 Å². The normalized spacial score (nSPS) is 29.7. The molecule has 210 valence electrons. The average molecular weight is 568 g/mol. The van der Waals surface area contributed by atoms with Crippen LogP contribution in [0.3, 0.4) is 0 Å². The Morgan fingerprint density at radius 2 is 1.70 bits per heavy atom. The fourth-order valence-electron chi connectivity index (χ4n) is 7.53. The second-order valence-corrected chi connectivity index (χ2v) is 13.9. The number of alkyl halides is 3. The number of fused-ring (bicyclic) bond motifs is 1. The van der Waals surface area contributed by atoms with Gasteiger partial charge in [-0.2, -0.15) is 22.7 Å². The van der Waals surface area contributed by atoms with Crippen LogP contribution >= 0.6 is 0 Å². The summed E-state index contributed by atoms with van der Waals surface area (Å²) in [5, 5.41) is 9.17. The van der Waals surface area contributed by atoms with E-state index in [-0.39, 0.29) is 24.1 Å². The molecule has 2 fully saturated rings. The van der Waals surface area contributed by atoms with E-state index in [1.165, 1.54) is 11.1 Å². The van der Waals surface area contributed by atoms with Gasteiger partial charge in [-0.05, 0) is 102 Å². The van der Waals surface area contributed by atoms with Crippen LogP contribution in [0.4, 0.5) is 13.2 Å². The van der Waals surface area contributed by atoms with Gasteiger partial charge in [-0.1, -0.05) is 31.2 Å². The predicted molar refractivity (Wildman–Crippen MR) is 148 cm³/mol. The van der Waals surface area contributed by atoms with Gasteiger partial charge in [-0.3, -0.25) is 4.99 Å². The zero-order valence-electron chi connectivity index (χ0n) is 22.4. The van der Waals surface area contributed by atoms with Gasteiger partial charge in [-0.25, -0.2) is 8.42 Å². The largest absolute Gasteiger partial charge is 0.402 e. The maximum Gasteiger partial charge on any atom is 0.402 e. The van der Waals surface area contributed by atoms with Crippen molar-refractivity contribution in [2.45, 2.75) is 45.2 Å². The van der Waals surface area contributed by atoms with Crippen LogP contribution in [0.5, 0.6) is 0 Å². The van der Waals surface area contributed by atoms with Gasteiger partial charge < -0.3 is 0 Å². The smallest absolute Gasteiger partial charge is 0.285 e. The first kappa shape index (κ1) is 27.2. The quantitative estimate of drug-likeness (QED) is 0.471. The molecule has 4 atom stereocenters. The Hall–Kier alpha value is -2.96. The van der Waals surface area contributed by atoms with E-state index in [2.05, 4.69) is 37.3 Å². The summed E-state index contributed by atoms with van der Waals surface area (Å²) in [6, 6.07) is 16.1. The lowest BCUT2D eigenvalue weighted by molar-refractivity contribution is -0.137. The van der Waals surface area contributed by atoms with E-state index < -0.39 is 28.2 Å². The predicted octanol–water partition coefficient (Wildman–Crippen LogP) is 5.79. The molecule has 0 radical (unpaired) electrons. The van der Waals surface area contributed by atoms with E-state index >= 15 is 0 Å². The van der Waals surface area contributed by atoms with Gasteiger partial charge >= 0.3 is 6.18 Å². The number of halogens is 3. The molecule has 40 heavy (non-hydrogen) atoms. The molecule has 2 heterocycles. The highest BCUT2D eigenvalue weighted by Gasteiger charge is 2.60. The lowest BCUT2D eigenvalue weighted by Gasteiger charge is -2.33. The van der Waals surface area contributed by atoms with Crippen molar-refractivity contribution >= 4 is 21.3 Å². The fraction of sp³-hybridized carbons (Fsp3) is 0.484. The van der Waals surface area contributed by atoms with Crippen LogP contribution in [-0.2, 0) is 22.9 Å². The number of benzene rings is 2. The molecule has 1 unspecified atom stereocenters.